The third kappa shape index (κ3) is 2.34. The molecule has 23 heavy (non-hydrogen) atoms. The lowest BCUT2D eigenvalue weighted by Gasteiger charge is -1.98. The molecule has 0 bridgehead atoms. The zero-order chi connectivity index (χ0) is 15.8. The number of hydrogen-bond donors (Lipinski definition) is 0. The summed E-state index contributed by atoms with van der Waals surface area (Å²) in [6.45, 7) is 2.08. The molecule has 6 nitrogen and oxygen atoms in total. The van der Waals surface area contributed by atoms with Crippen LogP contribution >= 0.6 is 0 Å². The van der Waals surface area contributed by atoms with Crippen LogP contribution in [0.5, 0.6) is 0 Å². The van der Waals surface area contributed by atoms with Gasteiger partial charge >= 0.3 is 5.76 Å². The Bertz CT molecular complexity index is 1030. The molecule has 4 rings (SSSR count). The molecule has 0 saturated carbocycles. The number of fused-ring (bicyclic) bond motifs is 1. The second kappa shape index (κ2) is 5.24. The van der Waals surface area contributed by atoms with Crippen LogP contribution in [0.25, 0.3) is 22.7 Å². The van der Waals surface area contributed by atoms with Gasteiger partial charge < -0.3 is 8.83 Å². The van der Waals surface area contributed by atoms with E-state index in [0.717, 1.165) is 5.56 Å². The molecule has 4 aromatic rings. The third-order valence-corrected chi connectivity index (χ3v) is 3.65. The van der Waals surface area contributed by atoms with E-state index < -0.39 is 5.76 Å². The van der Waals surface area contributed by atoms with E-state index >= 15 is 0 Å². The summed E-state index contributed by atoms with van der Waals surface area (Å²) in [5.41, 5.74) is 2.53. The highest BCUT2D eigenvalue weighted by Crippen LogP contribution is 2.22. The first kappa shape index (κ1) is 13.5. The maximum Gasteiger partial charge on any atom is 0.421 e. The van der Waals surface area contributed by atoms with Crippen LogP contribution in [0.3, 0.4) is 0 Å². The molecule has 0 spiro atoms. The van der Waals surface area contributed by atoms with Crippen LogP contribution in [0, 0.1) is 6.92 Å². The van der Waals surface area contributed by atoms with Gasteiger partial charge in [-0.25, -0.2) is 14.8 Å². The van der Waals surface area contributed by atoms with Gasteiger partial charge in [-0.1, -0.05) is 18.2 Å². The highest BCUT2D eigenvalue weighted by molar-refractivity contribution is 5.67. The minimum atomic E-state index is -0.456. The van der Waals surface area contributed by atoms with Crippen LogP contribution in [-0.4, -0.2) is 14.5 Å². The maximum atomic E-state index is 12.0. The molecule has 0 amide bonds. The smallest absolute Gasteiger partial charge is 0.421 e. The van der Waals surface area contributed by atoms with E-state index in [4.69, 9.17) is 8.83 Å². The fourth-order valence-corrected chi connectivity index (χ4v) is 2.47. The Morgan fingerprint density at radius 3 is 2.74 bits per heavy atom. The average molecular weight is 307 g/mol. The molecule has 3 aromatic heterocycles. The van der Waals surface area contributed by atoms with Crippen LogP contribution < -0.4 is 5.76 Å². The van der Waals surface area contributed by atoms with Crippen LogP contribution in [0.15, 0.2) is 62.3 Å². The summed E-state index contributed by atoms with van der Waals surface area (Å²) >= 11 is 0. The standard InChI is InChI=1S/C17H13N3O3/c1-11-13(19-16(22-11)12-6-3-2-4-7-12)10-20-15-14(23-17(20)21)8-5-9-18-15/h2-9H,10H2,1H3. The van der Waals surface area contributed by atoms with Crippen molar-refractivity contribution in [2.24, 2.45) is 0 Å². The van der Waals surface area contributed by atoms with Gasteiger partial charge in [-0.05, 0) is 31.2 Å². The number of benzene rings is 1. The Labute approximate surface area is 131 Å². The van der Waals surface area contributed by atoms with Crippen molar-refractivity contribution >= 4 is 11.2 Å². The summed E-state index contributed by atoms with van der Waals surface area (Å²) in [7, 11) is 0. The van der Waals surface area contributed by atoms with E-state index in [2.05, 4.69) is 9.97 Å². The van der Waals surface area contributed by atoms with Crippen molar-refractivity contribution in [2.45, 2.75) is 13.5 Å². The first-order valence-electron chi connectivity index (χ1n) is 7.18. The largest absolute Gasteiger partial charge is 0.441 e. The van der Waals surface area contributed by atoms with Crippen molar-refractivity contribution in [1.82, 2.24) is 14.5 Å². The predicted molar refractivity (Wildman–Crippen MR) is 84.0 cm³/mol. The molecule has 0 aliphatic rings. The number of aromatic nitrogens is 3. The summed E-state index contributed by atoms with van der Waals surface area (Å²) in [6, 6.07) is 13.1. The minimum Gasteiger partial charge on any atom is -0.441 e. The van der Waals surface area contributed by atoms with E-state index in [1.807, 2.05) is 37.3 Å². The monoisotopic (exact) mass is 307 g/mol. The number of nitrogens with zero attached hydrogens (tertiary/aromatic N) is 3. The summed E-state index contributed by atoms with van der Waals surface area (Å²) < 4.78 is 12.4. The van der Waals surface area contributed by atoms with E-state index in [-0.39, 0.29) is 6.54 Å². The molecular formula is C17H13N3O3. The normalized spacial score (nSPS) is 11.2. The van der Waals surface area contributed by atoms with Crippen molar-refractivity contribution < 1.29 is 8.83 Å². The molecule has 0 aliphatic carbocycles. The molecule has 0 aliphatic heterocycles. The summed E-state index contributed by atoms with van der Waals surface area (Å²) in [6.07, 6.45) is 1.62. The zero-order valence-electron chi connectivity index (χ0n) is 12.4. The molecular weight excluding hydrogens is 294 g/mol. The van der Waals surface area contributed by atoms with E-state index in [9.17, 15) is 4.79 Å². The fraction of sp³-hybridized carbons (Fsp3) is 0.118. The minimum absolute atomic E-state index is 0.255. The Morgan fingerprint density at radius 1 is 1.09 bits per heavy atom. The number of oxazole rings is 2. The Morgan fingerprint density at radius 2 is 1.91 bits per heavy atom. The second-order valence-corrected chi connectivity index (χ2v) is 5.17. The first-order chi connectivity index (χ1) is 11.2. The number of aryl methyl sites for hydroxylation is 1. The van der Waals surface area contributed by atoms with Crippen molar-refractivity contribution in [3.05, 3.63) is 70.7 Å². The van der Waals surface area contributed by atoms with Gasteiger partial charge in [-0.3, -0.25) is 4.57 Å². The maximum absolute atomic E-state index is 12.0. The van der Waals surface area contributed by atoms with E-state index in [1.54, 1.807) is 18.3 Å². The van der Waals surface area contributed by atoms with Gasteiger partial charge in [0.1, 0.15) is 11.5 Å². The lowest BCUT2D eigenvalue weighted by atomic mass is 10.2. The molecule has 0 radical (unpaired) electrons. The Balaban J connectivity index is 1.76. The molecule has 3 heterocycles. The van der Waals surface area contributed by atoms with Crippen molar-refractivity contribution in [1.29, 1.82) is 0 Å². The third-order valence-electron chi connectivity index (χ3n) is 3.65. The molecule has 0 N–H and O–H groups in total. The van der Waals surface area contributed by atoms with Crippen LogP contribution in [0.2, 0.25) is 0 Å². The summed E-state index contributed by atoms with van der Waals surface area (Å²) in [5.74, 6) is 0.746. The SMILES string of the molecule is Cc1oc(-c2ccccc2)nc1Cn1c(=O)oc2cccnc21. The molecule has 0 atom stereocenters. The van der Waals surface area contributed by atoms with Gasteiger partial charge in [0.2, 0.25) is 5.89 Å². The Kier molecular flexibility index (Phi) is 3.08. The Hall–Kier alpha value is -3.15. The van der Waals surface area contributed by atoms with E-state index in [0.29, 0.717) is 28.6 Å². The van der Waals surface area contributed by atoms with Gasteiger partial charge in [0.05, 0.1) is 6.54 Å². The lowest BCUT2D eigenvalue weighted by molar-refractivity contribution is 0.511. The molecule has 6 heteroatoms. The number of pyridine rings is 1. The van der Waals surface area contributed by atoms with Crippen LogP contribution in [-0.2, 0) is 6.54 Å². The first-order valence-corrected chi connectivity index (χ1v) is 7.18. The number of rotatable bonds is 3. The molecule has 0 saturated heterocycles. The highest BCUT2D eigenvalue weighted by Gasteiger charge is 2.16. The van der Waals surface area contributed by atoms with Gasteiger partial charge in [0.25, 0.3) is 0 Å². The van der Waals surface area contributed by atoms with E-state index in [1.165, 1.54) is 4.57 Å². The number of hydrogen-bond acceptors (Lipinski definition) is 5. The second-order valence-electron chi connectivity index (χ2n) is 5.17. The average Bonchev–Trinajstić information content (AvgIpc) is 3.10. The predicted octanol–water partition coefficient (Wildman–Crippen LogP) is 3.00. The highest BCUT2D eigenvalue weighted by atomic mass is 16.4. The van der Waals surface area contributed by atoms with Gasteiger partial charge in [-0.15, -0.1) is 0 Å². The van der Waals surface area contributed by atoms with Crippen LogP contribution in [0.1, 0.15) is 11.5 Å². The topological polar surface area (TPSA) is 74.1 Å². The van der Waals surface area contributed by atoms with Crippen molar-refractivity contribution in [3.8, 4) is 11.5 Å². The quantitative estimate of drug-likeness (QED) is 0.581. The van der Waals surface area contributed by atoms with Gasteiger partial charge in [0.15, 0.2) is 11.2 Å². The molecule has 0 fully saturated rings. The summed E-state index contributed by atoms with van der Waals surface area (Å²) in [5, 5.41) is 0. The molecule has 0 unspecified atom stereocenters. The molecule has 1 aromatic carbocycles. The van der Waals surface area contributed by atoms with Crippen molar-refractivity contribution in [3.63, 3.8) is 0 Å². The summed E-state index contributed by atoms with van der Waals surface area (Å²) in [4.78, 5) is 20.7. The van der Waals surface area contributed by atoms with Gasteiger partial charge in [-0.2, -0.15) is 0 Å². The van der Waals surface area contributed by atoms with Gasteiger partial charge in [0, 0.05) is 11.8 Å². The van der Waals surface area contributed by atoms with Crippen LogP contribution in [0.4, 0.5) is 0 Å². The lowest BCUT2D eigenvalue weighted by Crippen LogP contribution is -2.16. The molecule has 114 valence electrons. The fourth-order valence-electron chi connectivity index (χ4n) is 2.47. The zero-order valence-corrected chi connectivity index (χ0v) is 12.4. The van der Waals surface area contributed by atoms with Crippen molar-refractivity contribution in [2.75, 3.05) is 0 Å².